The van der Waals surface area contributed by atoms with Gasteiger partial charge in [0.15, 0.2) is 0 Å². The Kier molecular flexibility index (Phi) is 5.48. The lowest BCUT2D eigenvalue weighted by Gasteiger charge is -2.29. The first-order valence-electron chi connectivity index (χ1n) is 9.60. The van der Waals surface area contributed by atoms with E-state index in [0.29, 0.717) is 40.2 Å². The first-order chi connectivity index (χ1) is 15.0. The number of anilines is 2. The van der Waals surface area contributed by atoms with Crippen molar-refractivity contribution in [3.63, 3.8) is 0 Å². The van der Waals surface area contributed by atoms with E-state index < -0.39 is 6.04 Å². The number of fused-ring (bicyclic) bond motifs is 1. The normalized spacial score (nSPS) is 15.0. The summed E-state index contributed by atoms with van der Waals surface area (Å²) in [6.07, 6.45) is 1.45. The van der Waals surface area contributed by atoms with Crippen molar-refractivity contribution in [2.24, 2.45) is 0 Å². The van der Waals surface area contributed by atoms with E-state index in [4.69, 9.17) is 14.2 Å². The number of hydrogen-bond donors (Lipinski definition) is 2. The van der Waals surface area contributed by atoms with Crippen LogP contribution in [0.5, 0.6) is 17.2 Å². The molecule has 1 aliphatic heterocycles. The van der Waals surface area contributed by atoms with Crippen LogP contribution < -0.4 is 24.8 Å². The summed E-state index contributed by atoms with van der Waals surface area (Å²) in [7, 11) is 4.76. The van der Waals surface area contributed by atoms with Crippen LogP contribution in [0.2, 0.25) is 0 Å². The molecule has 0 radical (unpaired) electrons. The fourth-order valence-corrected chi connectivity index (χ4v) is 3.59. The van der Waals surface area contributed by atoms with Gasteiger partial charge in [0.2, 0.25) is 5.95 Å². The highest BCUT2D eigenvalue weighted by Gasteiger charge is 2.35. The van der Waals surface area contributed by atoms with Gasteiger partial charge in [0.25, 0.3) is 5.91 Å². The molecule has 1 aliphatic rings. The lowest BCUT2D eigenvalue weighted by atomic mass is 9.94. The van der Waals surface area contributed by atoms with Crippen LogP contribution in [-0.4, -0.2) is 42.0 Å². The Morgan fingerprint density at radius 3 is 2.42 bits per heavy atom. The second kappa shape index (κ2) is 8.39. The molecular formula is C22H23N5O4. The molecule has 2 heterocycles. The Labute approximate surface area is 179 Å². The summed E-state index contributed by atoms with van der Waals surface area (Å²) in [6.45, 7) is 1.84. The Balaban J connectivity index is 1.76. The maximum atomic E-state index is 13.4. The number of aromatic nitrogens is 3. The van der Waals surface area contributed by atoms with E-state index >= 15 is 0 Å². The molecule has 0 fully saturated rings. The van der Waals surface area contributed by atoms with Crippen LogP contribution in [0.4, 0.5) is 11.6 Å². The van der Waals surface area contributed by atoms with Crippen LogP contribution in [0.25, 0.3) is 0 Å². The lowest BCUT2D eigenvalue weighted by Crippen LogP contribution is -2.31. The van der Waals surface area contributed by atoms with E-state index in [1.54, 1.807) is 56.3 Å². The number of ether oxygens (including phenoxy) is 3. The third-order valence-corrected chi connectivity index (χ3v) is 5.12. The van der Waals surface area contributed by atoms with Crippen LogP contribution >= 0.6 is 0 Å². The van der Waals surface area contributed by atoms with Crippen LogP contribution in [0, 0.1) is 0 Å². The molecule has 1 amide bonds. The van der Waals surface area contributed by atoms with Crippen LogP contribution in [0.1, 0.15) is 18.5 Å². The Bertz CT molecular complexity index is 1140. The highest BCUT2D eigenvalue weighted by molar-refractivity contribution is 6.06. The quantitative estimate of drug-likeness (QED) is 0.630. The number of hydrogen-bond acceptors (Lipinski definition) is 7. The molecule has 0 saturated carbocycles. The van der Waals surface area contributed by atoms with Gasteiger partial charge in [0.05, 0.1) is 26.9 Å². The van der Waals surface area contributed by atoms with E-state index in [9.17, 15) is 4.79 Å². The number of carbonyl (C=O) groups excluding carboxylic acids is 1. The molecule has 0 bridgehead atoms. The summed E-state index contributed by atoms with van der Waals surface area (Å²) in [5.74, 6) is 2.22. The zero-order chi connectivity index (χ0) is 22.0. The number of nitrogens with zero attached hydrogens (tertiary/aromatic N) is 3. The SMILES string of the molecule is COc1ccc(NC(=O)C2=C(C)Nc3ncnn3[C@@H]2c2ccc(OC)cc2OC)cc1. The van der Waals surface area contributed by atoms with E-state index in [1.807, 2.05) is 19.1 Å². The number of allylic oxidation sites excluding steroid dienone is 1. The number of methoxy groups -OCH3 is 3. The fourth-order valence-electron chi connectivity index (χ4n) is 3.59. The topological polar surface area (TPSA) is 99.5 Å². The minimum atomic E-state index is -0.544. The van der Waals surface area contributed by atoms with Crippen molar-refractivity contribution in [1.29, 1.82) is 0 Å². The minimum absolute atomic E-state index is 0.265. The average Bonchev–Trinajstić information content (AvgIpc) is 3.26. The van der Waals surface area contributed by atoms with E-state index in [2.05, 4.69) is 20.7 Å². The number of amides is 1. The predicted molar refractivity (Wildman–Crippen MR) is 116 cm³/mol. The largest absolute Gasteiger partial charge is 0.497 e. The second-order valence-electron chi connectivity index (χ2n) is 6.88. The fraction of sp³-hybridized carbons (Fsp3) is 0.227. The highest BCUT2D eigenvalue weighted by atomic mass is 16.5. The minimum Gasteiger partial charge on any atom is -0.497 e. The standard InChI is InChI=1S/C22H23N5O4/c1-13-19(21(28)26-14-5-7-15(29-2)8-6-14)20(27-22(25-13)23-12-24-27)17-10-9-16(30-3)11-18(17)31-4/h5-12,20H,1-4H3,(H,26,28)(H,23,24,25)/t20-/m1/s1. The van der Waals surface area contributed by atoms with Crippen molar-refractivity contribution >= 4 is 17.5 Å². The van der Waals surface area contributed by atoms with Gasteiger partial charge in [0, 0.05) is 23.0 Å². The van der Waals surface area contributed by atoms with Crippen molar-refractivity contribution in [3.05, 3.63) is 65.6 Å². The molecule has 31 heavy (non-hydrogen) atoms. The van der Waals surface area contributed by atoms with Crippen molar-refractivity contribution < 1.29 is 19.0 Å². The molecule has 0 saturated heterocycles. The van der Waals surface area contributed by atoms with Gasteiger partial charge >= 0.3 is 0 Å². The molecule has 0 aliphatic carbocycles. The molecule has 2 N–H and O–H groups in total. The first-order valence-corrected chi connectivity index (χ1v) is 9.60. The van der Waals surface area contributed by atoms with Gasteiger partial charge in [-0.3, -0.25) is 4.79 Å². The molecule has 9 nitrogen and oxygen atoms in total. The van der Waals surface area contributed by atoms with Gasteiger partial charge in [0.1, 0.15) is 29.6 Å². The predicted octanol–water partition coefficient (Wildman–Crippen LogP) is 3.23. The third-order valence-electron chi connectivity index (χ3n) is 5.12. The zero-order valence-corrected chi connectivity index (χ0v) is 17.7. The summed E-state index contributed by atoms with van der Waals surface area (Å²) < 4.78 is 17.8. The van der Waals surface area contributed by atoms with E-state index in [1.165, 1.54) is 6.33 Å². The molecule has 0 unspecified atom stereocenters. The van der Waals surface area contributed by atoms with Crippen molar-refractivity contribution in [2.45, 2.75) is 13.0 Å². The van der Waals surface area contributed by atoms with Gasteiger partial charge in [-0.1, -0.05) is 0 Å². The third kappa shape index (κ3) is 3.77. The molecule has 0 spiro atoms. The van der Waals surface area contributed by atoms with Crippen LogP contribution in [0.3, 0.4) is 0 Å². The van der Waals surface area contributed by atoms with Gasteiger partial charge in [-0.05, 0) is 43.3 Å². The van der Waals surface area contributed by atoms with Crippen LogP contribution in [0.15, 0.2) is 60.1 Å². The summed E-state index contributed by atoms with van der Waals surface area (Å²) in [4.78, 5) is 17.7. The molecule has 1 atom stereocenters. The van der Waals surface area contributed by atoms with Crippen LogP contribution in [-0.2, 0) is 4.79 Å². The molecule has 4 rings (SSSR count). The smallest absolute Gasteiger partial charge is 0.255 e. The number of benzene rings is 2. The maximum absolute atomic E-state index is 13.4. The summed E-state index contributed by atoms with van der Waals surface area (Å²) in [5.41, 5.74) is 2.58. The maximum Gasteiger partial charge on any atom is 0.255 e. The summed E-state index contributed by atoms with van der Waals surface area (Å²) in [5, 5.41) is 10.5. The van der Waals surface area contributed by atoms with Crippen molar-refractivity contribution in [2.75, 3.05) is 32.0 Å². The van der Waals surface area contributed by atoms with Gasteiger partial charge in [-0.15, -0.1) is 0 Å². The Morgan fingerprint density at radius 1 is 1.03 bits per heavy atom. The first kappa shape index (κ1) is 20.3. The monoisotopic (exact) mass is 421 g/mol. The van der Waals surface area contributed by atoms with Gasteiger partial charge in [-0.2, -0.15) is 10.1 Å². The Hall–Kier alpha value is -4.01. The second-order valence-corrected chi connectivity index (χ2v) is 6.88. The number of rotatable bonds is 6. The van der Waals surface area contributed by atoms with Gasteiger partial charge in [-0.25, -0.2) is 4.68 Å². The summed E-state index contributed by atoms with van der Waals surface area (Å²) in [6, 6.07) is 12.1. The summed E-state index contributed by atoms with van der Waals surface area (Å²) >= 11 is 0. The molecular weight excluding hydrogens is 398 g/mol. The average molecular weight is 421 g/mol. The molecule has 9 heteroatoms. The van der Waals surface area contributed by atoms with Gasteiger partial charge < -0.3 is 24.8 Å². The molecule has 3 aromatic rings. The molecule has 160 valence electrons. The number of nitrogens with one attached hydrogen (secondary N) is 2. The van der Waals surface area contributed by atoms with E-state index in [0.717, 1.165) is 5.56 Å². The zero-order valence-electron chi connectivity index (χ0n) is 17.7. The van der Waals surface area contributed by atoms with Crippen molar-refractivity contribution in [3.8, 4) is 17.2 Å². The number of carbonyl (C=O) groups is 1. The molecule has 1 aromatic heterocycles. The highest BCUT2D eigenvalue weighted by Crippen LogP contribution is 2.40. The van der Waals surface area contributed by atoms with E-state index in [-0.39, 0.29) is 5.91 Å². The Morgan fingerprint density at radius 2 is 1.74 bits per heavy atom. The lowest BCUT2D eigenvalue weighted by molar-refractivity contribution is -0.113. The van der Waals surface area contributed by atoms with Crippen molar-refractivity contribution in [1.82, 2.24) is 14.8 Å². The molecule has 2 aromatic carbocycles.